The van der Waals surface area contributed by atoms with Crippen LogP contribution in [-0.4, -0.2) is 10.4 Å². The van der Waals surface area contributed by atoms with Gasteiger partial charge in [0.25, 0.3) is 5.56 Å². The van der Waals surface area contributed by atoms with Gasteiger partial charge in [-0.2, -0.15) is 0 Å². The van der Waals surface area contributed by atoms with E-state index in [4.69, 9.17) is 11.6 Å². The molecule has 0 unspecified atom stereocenters. The minimum absolute atomic E-state index is 0.0893. The summed E-state index contributed by atoms with van der Waals surface area (Å²) in [5, 5.41) is 0.308. The summed E-state index contributed by atoms with van der Waals surface area (Å²) in [5.41, 5.74) is 1.21. The van der Waals surface area contributed by atoms with E-state index in [2.05, 4.69) is 0 Å². The van der Waals surface area contributed by atoms with Gasteiger partial charge in [0.1, 0.15) is 16.3 Å². The van der Waals surface area contributed by atoms with E-state index in [0.29, 0.717) is 30.9 Å². The predicted octanol–water partition coefficient (Wildman–Crippen LogP) is 4.38. The van der Waals surface area contributed by atoms with Crippen molar-refractivity contribution >= 4 is 40.9 Å². The maximum atomic E-state index is 13.7. The lowest BCUT2D eigenvalue weighted by atomic mass is 10.1. The zero-order valence-corrected chi connectivity index (χ0v) is 18.2. The number of Topliss-reactive ketones (excluding diaryl/α,β-unsaturated/α-hetero) is 1. The average molecular weight is 468 g/mol. The topological polar surface area (TPSA) is 39.1 Å². The fourth-order valence-electron chi connectivity index (χ4n) is 3.17. The number of aromatic nitrogens is 1. The molecule has 0 atom stereocenters. The van der Waals surface area contributed by atoms with Crippen LogP contribution in [0.1, 0.15) is 21.5 Å². The highest BCUT2D eigenvalue weighted by molar-refractivity contribution is 7.07. The van der Waals surface area contributed by atoms with Crippen LogP contribution in [0.4, 0.5) is 8.78 Å². The van der Waals surface area contributed by atoms with Gasteiger partial charge in [-0.25, -0.2) is 8.78 Å². The molecule has 32 heavy (non-hydrogen) atoms. The van der Waals surface area contributed by atoms with Gasteiger partial charge in [0, 0.05) is 11.6 Å². The van der Waals surface area contributed by atoms with Crippen LogP contribution in [0.15, 0.2) is 77.6 Å². The number of halogens is 3. The number of rotatable bonds is 5. The maximum Gasteiger partial charge on any atom is 0.269 e. The number of hydrogen-bond acceptors (Lipinski definition) is 3. The molecule has 0 aliphatic rings. The minimum Gasteiger partial charge on any atom is -0.294 e. The molecule has 0 aliphatic carbocycles. The zero-order chi connectivity index (χ0) is 22.7. The molecular formula is C25H16ClF2NO2S. The van der Waals surface area contributed by atoms with Crippen molar-refractivity contribution < 1.29 is 13.6 Å². The lowest BCUT2D eigenvalue weighted by Gasteiger charge is -2.03. The SMILES string of the molecule is O=C(C=c1sc(=Cc2ccc(F)cc2)c(=O)n1Cc1cccc(F)c1)c1ccccc1Cl. The number of thiazole rings is 1. The Labute approximate surface area is 191 Å². The molecule has 4 aromatic rings. The Morgan fingerprint density at radius 2 is 1.72 bits per heavy atom. The van der Waals surface area contributed by atoms with E-state index < -0.39 is 5.82 Å². The molecule has 0 aliphatic heterocycles. The van der Waals surface area contributed by atoms with Crippen molar-refractivity contribution in [2.45, 2.75) is 6.54 Å². The van der Waals surface area contributed by atoms with E-state index in [-0.39, 0.29) is 23.7 Å². The van der Waals surface area contributed by atoms with Crippen LogP contribution in [0.2, 0.25) is 5.02 Å². The van der Waals surface area contributed by atoms with Crippen LogP contribution < -0.4 is 14.8 Å². The highest BCUT2D eigenvalue weighted by atomic mass is 35.5. The molecule has 1 heterocycles. The van der Waals surface area contributed by atoms with Gasteiger partial charge >= 0.3 is 0 Å². The van der Waals surface area contributed by atoms with Crippen molar-refractivity contribution in [2.24, 2.45) is 0 Å². The molecule has 0 N–H and O–H groups in total. The molecule has 7 heteroatoms. The van der Waals surface area contributed by atoms with E-state index in [9.17, 15) is 18.4 Å². The number of nitrogens with zero attached hydrogens (tertiary/aromatic N) is 1. The van der Waals surface area contributed by atoms with Gasteiger partial charge in [-0.15, -0.1) is 11.3 Å². The van der Waals surface area contributed by atoms with E-state index in [1.165, 1.54) is 34.9 Å². The molecule has 0 saturated heterocycles. The molecule has 0 spiro atoms. The third kappa shape index (κ3) is 4.93. The smallest absolute Gasteiger partial charge is 0.269 e. The predicted molar refractivity (Wildman–Crippen MR) is 124 cm³/mol. The van der Waals surface area contributed by atoms with Crippen molar-refractivity contribution in [1.82, 2.24) is 4.57 Å². The second-order valence-electron chi connectivity index (χ2n) is 7.01. The third-order valence-corrected chi connectivity index (χ3v) is 6.12. The number of benzene rings is 3. The molecule has 160 valence electrons. The number of carbonyl (C=O) groups excluding carboxylic acids is 1. The molecule has 0 radical (unpaired) electrons. The van der Waals surface area contributed by atoms with Crippen molar-refractivity contribution in [3.8, 4) is 0 Å². The largest absolute Gasteiger partial charge is 0.294 e. The van der Waals surface area contributed by atoms with Gasteiger partial charge in [-0.3, -0.25) is 14.2 Å². The third-order valence-electron chi connectivity index (χ3n) is 4.73. The minimum atomic E-state index is -0.415. The van der Waals surface area contributed by atoms with Gasteiger partial charge in [-0.1, -0.05) is 48.0 Å². The standard InChI is InChI=1S/C25H16ClF2NO2S/c26-21-7-2-1-6-20(21)22(30)14-24-29(15-17-4-3-5-19(28)12-17)25(31)23(32-24)13-16-8-10-18(27)11-9-16/h1-14H,15H2. The highest BCUT2D eigenvalue weighted by Gasteiger charge is 2.11. The fourth-order valence-corrected chi connectivity index (χ4v) is 4.44. The average Bonchev–Trinajstić information content (AvgIpc) is 3.04. The summed E-state index contributed by atoms with van der Waals surface area (Å²) in [5.74, 6) is -1.14. The summed E-state index contributed by atoms with van der Waals surface area (Å²) in [6.07, 6.45) is 2.99. The van der Waals surface area contributed by atoms with Crippen LogP contribution in [0.5, 0.6) is 0 Å². The lowest BCUT2D eigenvalue weighted by molar-refractivity contribution is 0.106. The summed E-state index contributed by atoms with van der Waals surface area (Å²) >= 11 is 7.27. The molecule has 3 nitrogen and oxygen atoms in total. The lowest BCUT2D eigenvalue weighted by Crippen LogP contribution is -2.32. The molecule has 4 rings (SSSR count). The Hall–Kier alpha value is -3.35. The van der Waals surface area contributed by atoms with Crippen LogP contribution >= 0.6 is 22.9 Å². The number of carbonyl (C=O) groups is 1. The van der Waals surface area contributed by atoms with E-state index >= 15 is 0 Å². The summed E-state index contributed by atoms with van der Waals surface area (Å²) in [6, 6.07) is 18.3. The van der Waals surface area contributed by atoms with E-state index in [1.807, 2.05) is 0 Å². The fraction of sp³-hybridized carbons (Fsp3) is 0.0400. The van der Waals surface area contributed by atoms with Crippen LogP contribution in [0, 0.1) is 11.6 Å². The van der Waals surface area contributed by atoms with Gasteiger partial charge < -0.3 is 0 Å². The first-order valence-electron chi connectivity index (χ1n) is 9.63. The Balaban J connectivity index is 1.87. The van der Waals surface area contributed by atoms with E-state index in [0.717, 1.165) is 11.3 Å². The van der Waals surface area contributed by atoms with Gasteiger partial charge in [0.2, 0.25) is 0 Å². The normalized spacial score (nSPS) is 12.3. The number of hydrogen-bond donors (Lipinski definition) is 0. The van der Waals surface area contributed by atoms with Crippen LogP contribution in [0.25, 0.3) is 12.2 Å². The Kier molecular flexibility index (Phi) is 6.44. The van der Waals surface area contributed by atoms with Crippen molar-refractivity contribution in [3.63, 3.8) is 0 Å². The molecular weight excluding hydrogens is 452 g/mol. The molecule has 1 aromatic heterocycles. The molecule has 0 bridgehead atoms. The van der Waals surface area contributed by atoms with Gasteiger partial charge in [0.15, 0.2) is 5.78 Å². The van der Waals surface area contributed by atoms with E-state index in [1.54, 1.807) is 54.6 Å². The molecule has 0 amide bonds. The quantitative estimate of drug-likeness (QED) is 0.409. The summed E-state index contributed by atoms with van der Waals surface area (Å²) < 4.78 is 29.1. The Morgan fingerprint density at radius 1 is 0.969 bits per heavy atom. The molecule has 3 aromatic carbocycles. The maximum absolute atomic E-state index is 13.7. The van der Waals surface area contributed by atoms with Gasteiger partial charge in [0.05, 0.1) is 16.1 Å². The van der Waals surface area contributed by atoms with Crippen molar-refractivity contribution in [1.29, 1.82) is 0 Å². The van der Waals surface area contributed by atoms with Gasteiger partial charge in [-0.05, 0) is 53.6 Å². The number of ketones is 1. The first-order valence-corrected chi connectivity index (χ1v) is 10.8. The second-order valence-corrected chi connectivity index (χ2v) is 8.48. The highest BCUT2D eigenvalue weighted by Crippen LogP contribution is 2.16. The summed E-state index contributed by atoms with van der Waals surface area (Å²) in [6.45, 7) is 0.0893. The van der Waals surface area contributed by atoms with Crippen LogP contribution in [0.3, 0.4) is 0 Å². The first kappa shape index (κ1) is 21.9. The van der Waals surface area contributed by atoms with Crippen LogP contribution in [-0.2, 0) is 6.54 Å². The van der Waals surface area contributed by atoms with Crippen molar-refractivity contribution in [2.75, 3.05) is 0 Å². The molecule has 0 saturated carbocycles. The Bertz CT molecular complexity index is 1470. The summed E-state index contributed by atoms with van der Waals surface area (Å²) in [4.78, 5) is 26.0. The van der Waals surface area contributed by atoms with Crippen molar-refractivity contribution in [3.05, 3.63) is 126 Å². The monoisotopic (exact) mass is 467 g/mol. The first-order chi connectivity index (χ1) is 15.4. The molecule has 0 fully saturated rings. The zero-order valence-electron chi connectivity index (χ0n) is 16.6. The Morgan fingerprint density at radius 3 is 2.44 bits per heavy atom. The summed E-state index contributed by atoms with van der Waals surface area (Å²) in [7, 11) is 0. The second kappa shape index (κ2) is 9.42.